The summed E-state index contributed by atoms with van der Waals surface area (Å²) < 4.78 is 11.6. The molecule has 4 rings (SSSR count). The maximum atomic E-state index is 13.1. The molecule has 3 aromatic rings. The number of amides is 2. The van der Waals surface area contributed by atoms with Gasteiger partial charge < -0.3 is 14.8 Å². The Morgan fingerprint density at radius 1 is 1.03 bits per heavy atom. The van der Waals surface area contributed by atoms with Crippen molar-refractivity contribution in [3.8, 4) is 11.5 Å². The van der Waals surface area contributed by atoms with Crippen molar-refractivity contribution in [1.82, 2.24) is 4.90 Å². The minimum absolute atomic E-state index is 0.123. The predicted octanol–water partition coefficient (Wildman–Crippen LogP) is 6.07. The number of ether oxygens (including phenoxy) is 2. The standard InChI is InChI=1S/C28H26N2O4S2/c1-3-33-23-14-12-22(13-15-23)29-26(31)18-34-24-11-7-8-20(16-24)17-25-27(32)30(28(35)36-25)19(2)21-9-5-4-6-10-21/h4-17,19H,3,18H2,1-2H3,(H,29,31)/b25-17-/t19-/m1/s1. The van der Waals surface area contributed by atoms with Crippen molar-refractivity contribution < 1.29 is 19.1 Å². The Hall–Kier alpha value is -3.62. The molecule has 1 aliphatic heterocycles. The normalized spacial score (nSPS) is 15.2. The number of carbonyl (C=O) groups excluding carboxylic acids is 2. The number of hydrogen-bond acceptors (Lipinski definition) is 6. The molecule has 184 valence electrons. The molecule has 1 fully saturated rings. The average molecular weight is 519 g/mol. The third kappa shape index (κ3) is 6.33. The number of anilines is 1. The van der Waals surface area contributed by atoms with Crippen LogP contribution in [-0.4, -0.2) is 34.2 Å². The number of benzene rings is 3. The molecule has 0 unspecified atom stereocenters. The van der Waals surface area contributed by atoms with E-state index in [-0.39, 0.29) is 24.5 Å². The number of rotatable bonds is 9. The van der Waals surface area contributed by atoms with Crippen LogP contribution in [0.2, 0.25) is 0 Å². The van der Waals surface area contributed by atoms with Crippen molar-refractivity contribution in [2.75, 3.05) is 18.5 Å². The Balaban J connectivity index is 1.37. The fourth-order valence-electron chi connectivity index (χ4n) is 3.69. The van der Waals surface area contributed by atoms with Crippen LogP contribution < -0.4 is 14.8 Å². The highest BCUT2D eigenvalue weighted by Crippen LogP contribution is 2.38. The zero-order valence-corrected chi connectivity index (χ0v) is 21.6. The highest BCUT2D eigenvalue weighted by molar-refractivity contribution is 8.26. The molecule has 1 aliphatic rings. The molecular weight excluding hydrogens is 492 g/mol. The largest absolute Gasteiger partial charge is 0.494 e. The van der Waals surface area contributed by atoms with Gasteiger partial charge in [-0.25, -0.2) is 0 Å². The van der Waals surface area contributed by atoms with Gasteiger partial charge in [-0.15, -0.1) is 0 Å². The first kappa shape index (κ1) is 25.5. The van der Waals surface area contributed by atoms with E-state index in [1.54, 1.807) is 47.4 Å². The third-order valence-corrected chi connectivity index (χ3v) is 6.80. The Kier molecular flexibility index (Phi) is 8.40. The van der Waals surface area contributed by atoms with Gasteiger partial charge in [0.2, 0.25) is 0 Å². The van der Waals surface area contributed by atoms with Crippen molar-refractivity contribution >= 4 is 51.9 Å². The molecule has 1 saturated heterocycles. The van der Waals surface area contributed by atoms with E-state index in [2.05, 4.69) is 5.32 Å². The van der Waals surface area contributed by atoms with E-state index in [1.165, 1.54) is 11.8 Å². The van der Waals surface area contributed by atoms with Crippen molar-refractivity contribution in [2.24, 2.45) is 0 Å². The molecule has 1 atom stereocenters. The quantitative estimate of drug-likeness (QED) is 0.274. The summed E-state index contributed by atoms with van der Waals surface area (Å²) in [4.78, 5) is 27.6. The Labute approximate surface area is 220 Å². The number of nitrogens with one attached hydrogen (secondary N) is 1. The Morgan fingerprint density at radius 2 is 1.78 bits per heavy atom. The van der Waals surface area contributed by atoms with Crippen LogP contribution in [-0.2, 0) is 9.59 Å². The van der Waals surface area contributed by atoms with Gasteiger partial charge in [0.15, 0.2) is 6.61 Å². The van der Waals surface area contributed by atoms with Crippen molar-refractivity contribution in [1.29, 1.82) is 0 Å². The van der Waals surface area contributed by atoms with Crippen LogP contribution in [0.25, 0.3) is 6.08 Å². The monoisotopic (exact) mass is 518 g/mol. The SMILES string of the molecule is CCOc1ccc(NC(=O)COc2cccc(/C=C3\SC(=S)N([C@H](C)c4ccccc4)C3=O)c2)cc1. The Morgan fingerprint density at radius 3 is 2.50 bits per heavy atom. The Bertz CT molecular complexity index is 1280. The minimum Gasteiger partial charge on any atom is -0.494 e. The fourth-order valence-corrected chi connectivity index (χ4v) is 5.11. The molecule has 0 spiro atoms. The van der Waals surface area contributed by atoms with Crippen molar-refractivity contribution in [2.45, 2.75) is 19.9 Å². The molecular formula is C28H26N2O4S2. The minimum atomic E-state index is -0.277. The molecule has 0 bridgehead atoms. The molecule has 0 saturated carbocycles. The van der Waals surface area contributed by atoms with Gasteiger partial charge in [0, 0.05) is 5.69 Å². The zero-order valence-electron chi connectivity index (χ0n) is 20.0. The summed E-state index contributed by atoms with van der Waals surface area (Å²) in [6, 6.07) is 24.1. The first-order valence-corrected chi connectivity index (χ1v) is 12.7. The van der Waals surface area contributed by atoms with Gasteiger partial charge >= 0.3 is 0 Å². The second kappa shape index (κ2) is 11.9. The number of thiocarbonyl (C=S) groups is 1. The van der Waals surface area contributed by atoms with E-state index in [0.29, 0.717) is 27.3 Å². The third-order valence-electron chi connectivity index (χ3n) is 5.47. The summed E-state index contributed by atoms with van der Waals surface area (Å²) in [5.74, 6) is 0.872. The zero-order chi connectivity index (χ0) is 25.5. The molecule has 36 heavy (non-hydrogen) atoms. The van der Waals surface area contributed by atoms with Crippen LogP contribution >= 0.6 is 24.0 Å². The smallest absolute Gasteiger partial charge is 0.266 e. The lowest BCUT2D eigenvalue weighted by Crippen LogP contribution is -2.30. The van der Waals surface area contributed by atoms with Gasteiger partial charge in [-0.2, -0.15) is 0 Å². The molecule has 2 amide bonds. The number of nitrogens with zero attached hydrogens (tertiary/aromatic N) is 1. The number of carbonyl (C=O) groups is 2. The van der Waals surface area contributed by atoms with Crippen LogP contribution in [0.5, 0.6) is 11.5 Å². The predicted molar refractivity (Wildman–Crippen MR) is 148 cm³/mol. The van der Waals surface area contributed by atoms with Crippen LogP contribution in [0.15, 0.2) is 83.8 Å². The fraction of sp³-hybridized carbons (Fsp3) is 0.179. The maximum Gasteiger partial charge on any atom is 0.266 e. The van der Waals surface area contributed by atoms with E-state index in [1.807, 2.05) is 56.3 Å². The van der Waals surface area contributed by atoms with E-state index >= 15 is 0 Å². The summed E-state index contributed by atoms with van der Waals surface area (Å²) in [6.45, 7) is 4.32. The molecule has 1 heterocycles. The number of hydrogen-bond donors (Lipinski definition) is 1. The lowest BCUT2D eigenvalue weighted by atomic mass is 10.1. The molecule has 1 N–H and O–H groups in total. The van der Waals surface area contributed by atoms with Gasteiger partial charge in [-0.1, -0.05) is 66.4 Å². The van der Waals surface area contributed by atoms with Crippen LogP contribution in [0, 0.1) is 0 Å². The maximum absolute atomic E-state index is 13.1. The first-order valence-electron chi connectivity index (χ1n) is 11.5. The number of thioether (sulfide) groups is 1. The molecule has 6 nitrogen and oxygen atoms in total. The van der Waals surface area contributed by atoms with E-state index in [9.17, 15) is 9.59 Å². The summed E-state index contributed by atoms with van der Waals surface area (Å²) in [7, 11) is 0. The van der Waals surface area contributed by atoms with E-state index < -0.39 is 0 Å². The molecule has 3 aromatic carbocycles. The summed E-state index contributed by atoms with van der Waals surface area (Å²) >= 11 is 6.79. The lowest BCUT2D eigenvalue weighted by Gasteiger charge is -2.23. The highest BCUT2D eigenvalue weighted by Gasteiger charge is 2.35. The summed E-state index contributed by atoms with van der Waals surface area (Å²) in [5.41, 5.74) is 2.47. The van der Waals surface area contributed by atoms with Gasteiger partial charge in [-0.05, 0) is 67.4 Å². The van der Waals surface area contributed by atoms with Crippen molar-refractivity contribution in [3.05, 3.63) is 94.9 Å². The van der Waals surface area contributed by atoms with Crippen LogP contribution in [0.1, 0.15) is 31.0 Å². The van der Waals surface area contributed by atoms with E-state index in [0.717, 1.165) is 16.9 Å². The second-order valence-electron chi connectivity index (χ2n) is 8.01. The summed E-state index contributed by atoms with van der Waals surface area (Å²) in [5, 5.41) is 2.80. The van der Waals surface area contributed by atoms with Crippen LogP contribution in [0.3, 0.4) is 0 Å². The summed E-state index contributed by atoms with van der Waals surface area (Å²) in [6.07, 6.45) is 1.80. The highest BCUT2D eigenvalue weighted by atomic mass is 32.2. The van der Waals surface area contributed by atoms with Crippen LogP contribution in [0.4, 0.5) is 5.69 Å². The molecule has 0 radical (unpaired) electrons. The first-order chi connectivity index (χ1) is 17.4. The molecule has 8 heteroatoms. The molecule has 0 aromatic heterocycles. The van der Waals surface area contributed by atoms with Gasteiger partial charge in [0.05, 0.1) is 17.6 Å². The average Bonchev–Trinajstić information content (AvgIpc) is 3.16. The van der Waals surface area contributed by atoms with Gasteiger partial charge in [-0.3, -0.25) is 14.5 Å². The topological polar surface area (TPSA) is 67.9 Å². The van der Waals surface area contributed by atoms with E-state index in [4.69, 9.17) is 21.7 Å². The van der Waals surface area contributed by atoms with Crippen molar-refractivity contribution in [3.63, 3.8) is 0 Å². The molecule has 0 aliphatic carbocycles. The lowest BCUT2D eigenvalue weighted by molar-refractivity contribution is -0.123. The second-order valence-corrected chi connectivity index (χ2v) is 9.68. The van der Waals surface area contributed by atoms with Gasteiger partial charge in [0.25, 0.3) is 11.8 Å². The van der Waals surface area contributed by atoms with Gasteiger partial charge in [0.1, 0.15) is 15.8 Å².